The molecule has 1 aromatic carbocycles. The number of rotatable bonds is 5. The number of hydrogen-bond acceptors (Lipinski definition) is 6. The predicted octanol–water partition coefficient (Wildman–Crippen LogP) is 0.848. The summed E-state index contributed by atoms with van der Waals surface area (Å²) in [6.07, 6.45) is 2.90. The number of pyridine rings is 1. The second-order valence-corrected chi connectivity index (χ2v) is 5.42. The van der Waals surface area contributed by atoms with Crippen molar-refractivity contribution in [2.24, 2.45) is 0 Å². The Hall–Kier alpha value is -4.01. The Kier molecular flexibility index (Phi) is 5.22. The molecule has 0 aliphatic carbocycles. The minimum atomic E-state index is -0.852. The van der Waals surface area contributed by atoms with Crippen molar-refractivity contribution in [2.75, 3.05) is 11.9 Å². The first-order chi connectivity index (χ1) is 13.0. The molecule has 9 nitrogen and oxygen atoms in total. The van der Waals surface area contributed by atoms with Crippen LogP contribution in [0, 0.1) is 0 Å². The van der Waals surface area contributed by atoms with Crippen LogP contribution in [0.3, 0.4) is 0 Å². The number of nitrogens with zero attached hydrogens (tertiary/aromatic N) is 1. The predicted molar refractivity (Wildman–Crippen MR) is 94.5 cm³/mol. The first-order valence-corrected chi connectivity index (χ1v) is 7.83. The molecule has 1 fully saturated rings. The summed E-state index contributed by atoms with van der Waals surface area (Å²) in [6, 6.07) is 10.7. The zero-order valence-corrected chi connectivity index (χ0v) is 13.9. The number of barbiturate groups is 1. The second-order valence-electron chi connectivity index (χ2n) is 5.42. The van der Waals surface area contributed by atoms with E-state index in [2.05, 4.69) is 10.3 Å². The molecule has 0 radical (unpaired) electrons. The van der Waals surface area contributed by atoms with Crippen molar-refractivity contribution in [2.45, 2.75) is 0 Å². The zero-order valence-electron chi connectivity index (χ0n) is 13.9. The summed E-state index contributed by atoms with van der Waals surface area (Å²) in [6.45, 7) is -0.204. The van der Waals surface area contributed by atoms with Crippen molar-refractivity contribution in [3.05, 3.63) is 59.8 Å². The summed E-state index contributed by atoms with van der Waals surface area (Å²) in [4.78, 5) is 50.2. The van der Waals surface area contributed by atoms with Gasteiger partial charge in [-0.15, -0.1) is 0 Å². The molecule has 0 spiro atoms. The maximum Gasteiger partial charge on any atom is 0.328 e. The third kappa shape index (κ3) is 4.75. The lowest BCUT2D eigenvalue weighted by Gasteiger charge is -2.13. The summed E-state index contributed by atoms with van der Waals surface area (Å²) in [7, 11) is 0. The molecule has 0 atom stereocenters. The van der Waals surface area contributed by atoms with E-state index in [0.29, 0.717) is 17.1 Å². The van der Waals surface area contributed by atoms with E-state index >= 15 is 0 Å². The SMILES string of the molecule is O=C(COc1ccc(C=C2C(=O)NC(=O)NC2=O)cc1)Nc1ccccn1. The third-order valence-corrected chi connectivity index (χ3v) is 3.44. The van der Waals surface area contributed by atoms with Crippen LogP contribution >= 0.6 is 0 Å². The number of carbonyl (C=O) groups is 4. The van der Waals surface area contributed by atoms with E-state index in [1.807, 2.05) is 10.6 Å². The number of anilines is 1. The van der Waals surface area contributed by atoms with Gasteiger partial charge in [-0.25, -0.2) is 9.78 Å². The van der Waals surface area contributed by atoms with E-state index in [1.165, 1.54) is 6.08 Å². The number of benzene rings is 1. The molecule has 3 N–H and O–H groups in total. The van der Waals surface area contributed by atoms with Crippen LogP contribution in [0.25, 0.3) is 6.08 Å². The fourth-order valence-corrected chi connectivity index (χ4v) is 2.20. The van der Waals surface area contributed by atoms with Gasteiger partial charge in [0.2, 0.25) is 0 Å². The Labute approximate surface area is 153 Å². The van der Waals surface area contributed by atoms with Gasteiger partial charge in [0.05, 0.1) is 0 Å². The van der Waals surface area contributed by atoms with Gasteiger partial charge in [0, 0.05) is 6.20 Å². The Bertz CT molecular complexity index is 901. The summed E-state index contributed by atoms with van der Waals surface area (Å²) in [5.74, 6) is -1.04. The third-order valence-electron chi connectivity index (χ3n) is 3.44. The van der Waals surface area contributed by atoms with Crippen LogP contribution in [0.5, 0.6) is 5.75 Å². The molecule has 0 saturated carbocycles. The number of ether oxygens (including phenoxy) is 1. The van der Waals surface area contributed by atoms with Crippen molar-refractivity contribution in [1.82, 2.24) is 15.6 Å². The Morgan fingerprint density at radius 1 is 1.04 bits per heavy atom. The lowest BCUT2D eigenvalue weighted by Crippen LogP contribution is -2.51. The quantitative estimate of drug-likeness (QED) is 0.532. The molecule has 1 aliphatic heterocycles. The maximum atomic E-state index is 11.8. The monoisotopic (exact) mass is 366 g/mol. The molecule has 0 bridgehead atoms. The molecule has 2 aromatic rings. The van der Waals surface area contributed by atoms with E-state index in [0.717, 1.165) is 0 Å². The van der Waals surface area contributed by atoms with Crippen molar-refractivity contribution < 1.29 is 23.9 Å². The maximum absolute atomic E-state index is 11.8. The molecule has 1 aliphatic rings. The minimum absolute atomic E-state index is 0.182. The summed E-state index contributed by atoms with van der Waals surface area (Å²) >= 11 is 0. The highest BCUT2D eigenvalue weighted by atomic mass is 16.5. The molecule has 1 saturated heterocycles. The summed E-state index contributed by atoms with van der Waals surface area (Å²) < 4.78 is 5.38. The van der Waals surface area contributed by atoms with Crippen LogP contribution in [0.15, 0.2) is 54.2 Å². The number of imide groups is 2. The number of carbonyl (C=O) groups excluding carboxylic acids is 4. The molecule has 9 heteroatoms. The summed E-state index contributed by atoms with van der Waals surface area (Å²) in [5, 5.41) is 6.57. The number of hydrogen-bond donors (Lipinski definition) is 3. The lowest BCUT2D eigenvalue weighted by molar-refractivity contribution is -0.124. The second kappa shape index (κ2) is 7.91. The number of nitrogens with one attached hydrogen (secondary N) is 3. The Morgan fingerprint density at radius 3 is 2.37 bits per heavy atom. The minimum Gasteiger partial charge on any atom is -0.484 e. The molecule has 0 unspecified atom stereocenters. The molecule has 1 aromatic heterocycles. The van der Waals surface area contributed by atoms with Gasteiger partial charge in [0.25, 0.3) is 17.7 Å². The van der Waals surface area contributed by atoms with E-state index < -0.39 is 17.8 Å². The van der Waals surface area contributed by atoms with Crippen molar-refractivity contribution in [3.8, 4) is 5.75 Å². The van der Waals surface area contributed by atoms with Crippen molar-refractivity contribution in [3.63, 3.8) is 0 Å². The zero-order chi connectivity index (χ0) is 19.2. The normalized spacial score (nSPS) is 13.5. The van der Waals surface area contributed by atoms with Gasteiger partial charge >= 0.3 is 6.03 Å². The number of amides is 5. The smallest absolute Gasteiger partial charge is 0.328 e. The fourth-order valence-electron chi connectivity index (χ4n) is 2.20. The van der Waals surface area contributed by atoms with Crippen LogP contribution in [-0.2, 0) is 14.4 Å². The molecular weight excluding hydrogens is 352 g/mol. The molecule has 3 rings (SSSR count). The molecule has 5 amide bonds. The van der Waals surface area contributed by atoms with Gasteiger partial charge in [0.1, 0.15) is 17.1 Å². The summed E-state index contributed by atoms with van der Waals surface area (Å²) in [5.41, 5.74) is 0.368. The van der Waals surface area contributed by atoms with Gasteiger partial charge in [0.15, 0.2) is 6.61 Å². The molecular formula is C18H14N4O5. The van der Waals surface area contributed by atoms with Crippen LogP contribution in [0.2, 0.25) is 0 Å². The molecule has 27 heavy (non-hydrogen) atoms. The van der Waals surface area contributed by atoms with Crippen LogP contribution in [0.1, 0.15) is 5.56 Å². The van der Waals surface area contributed by atoms with E-state index in [1.54, 1.807) is 48.7 Å². The largest absolute Gasteiger partial charge is 0.484 e. The highest BCUT2D eigenvalue weighted by Crippen LogP contribution is 2.15. The first-order valence-electron chi connectivity index (χ1n) is 7.83. The van der Waals surface area contributed by atoms with Gasteiger partial charge in [-0.1, -0.05) is 18.2 Å². The van der Waals surface area contributed by atoms with E-state index in [4.69, 9.17) is 4.74 Å². The fraction of sp³-hybridized carbons (Fsp3) is 0.0556. The lowest BCUT2D eigenvalue weighted by atomic mass is 10.1. The highest BCUT2D eigenvalue weighted by Gasteiger charge is 2.27. The topological polar surface area (TPSA) is 126 Å². The van der Waals surface area contributed by atoms with Crippen molar-refractivity contribution >= 4 is 35.6 Å². The average molecular weight is 366 g/mol. The van der Waals surface area contributed by atoms with Crippen LogP contribution in [-0.4, -0.2) is 35.3 Å². The highest BCUT2D eigenvalue weighted by molar-refractivity contribution is 6.31. The van der Waals surface area contributed by atoms with Crippen LogP contribution < -0.4 is 20.7 Å². The van der Waals surface area contributed by atoms with Crippen LogP contribution in [0.4, 0.5) is 10.6 Å². The van der Waals surface area contributed by atoms with Crippen molar-refractivity contribution in [1.29, 1.82) is 0 Å². The number of aromatic nitrogens is 1. The molecule has 2 heterocycles. The van der Waals surface area contributed by atoms with Gasteiger partial charge < -0.3 is 10.1 Å². The number of urea groups is 1. The standard InChI is InChI=1S/C18H14N4O5/c23-15(20-14-3-1-2-8-19-14)10-27-12-6-4-11(5-7-12)9-13-16(24)21-18(26)22-17(13)25/h1-9H,10H2,(H,19,20,23)(H2,21,22,24,25,26). The van der Waals surface area contributed by atoms with Gasteiger partial charge in [-0.05, 0) is 35.9 Å². The first kappa shape index (κ1) is 17.8. The Morgan fingerprint density at radius 2 is 1.74 bits per heavy atom. The molecule has 136 valence electrons. The van der Waals surface area contributed by atoms with E-state index in [-0.39, 0.29) is 18.1 Å². The van der Waals surface area contributed by atoms with Gasteiger partial charge in [-0.3, -0.25) is 25.0 Å². The average Bonchev–Trinajstić information content (AvgIpc) is 2.65. The van der Waals surface area contributed by atoms with Gasteiger partial charge in [-0.2, -0.15) is 0 Å². The van der Waals surface area contributed by atoms with E-state index in [9.17, 15) is 19.2 Å². The Balaban J connectivity index is 1.58.